The molecular weight excluding hydrogens is 727 g/mol. The third-order valence-corrected chi connectivity index (χ3v) is 16.6. The number of carbonyl (C=O) groups excluding carboxylic acids is 3. The van der Waals surface area contributed by atoms with Crippen molar-refractivity contribution in [2.75, 3.05) is 31.0 Å². The lowest BCUT2D eigenvalue weighted by molar-refractivity contribution is -0.151. The lowest BCUT2D eigenvalue weighted by atomic mass is 9.82. The van der Waals surface area contributed by atoms with E-state index in [1.165, 1.54) is 6.92 Å². The summed E-state index contributed by atoms with van der Waals surface area (Å²) < 4.78 is 18.5. The van der Waals surface area contributed by atoms with Crippen molar-refractivity contribution in [1.82, 2.24) is 4.90 Å². The first-order valence-electron chi connectivity index (χ1n) is 19.2. The maximum Gasteiger partial charge on any atom is 0.264 e. The van der Waals surface area contributed by atoms with Crippen LogP contribution in [0, 0.1) is 5.92 Å². The minimum absolute atomic E-state index is 0.0413. The van der Waals surface area contributed by atoms with Crippen LogP contribution in [-0.4, -0.2) is 80.0 Å². The number of methoxy groups -OCH3 is 2. The van der Waals surface area contributed by atoms with E-state index in [0.29, 0.717) is 35.7 Å². The van der Waals surface area contributed by atoms with Crippen LogP contribution in [0.5, 0.6) is 11.5 Å². The van der Waals surface area contributed by atoms with Crippen molar-refractivity contribution in [3.8, 4) is 11.5 Å². The fourth-order valence-corrected chi connectivity index (χ4v) is 13.3. The van der Waals surface area contributed by atoms with Crippen LogP contribution in [0.2, 0.25) is 18.6 Å². The molecule has 1 saturated heterocycles. The van der Waals surface area contributed by atoms with Crippen LogP contribution in [-0.2, 0) is 44.2 Å². The van der Waals surface area contributed by atoms with Crippen molar-refractivity contribution < 1.29 is 38.8 Å². The highest BCUT2D eigenvalue weighted by Crippen LogP contribution is 2.60. The Hall–Kier alpha value is -5.01. The van der Waals surface area contributed by atoms with Crippen LogP contribution in [0.1, 0.15) is 42.5 Å². The number of rotatable bonds is 11. The fourth-order valence-electron chi connectivity index (χ4n) is 9.29. The number of amides is 3. The van der Waals surface area contributed by atoms with E-state index in [4.69, 9.17) is 14.2 Å². The quantitative estimate of drug-likeness (QED) is 0.179. The van der Waals surface area contributed by atoms with Gasteiger partial charge in [-0.25, -0.2) is 0 Å². The number of hydrogen-bond acceptors (Lipinski definition) is 8. The second-order valence-electron chi connectivity index (χ2n) is 15.8. The minimum Gasteiger partial charge on any atom is -0.497 e. The summed E-state index contributed by atoms with van der Waals surface area (Å²) in [6, 6.07) is 28.6. The molecule has 0 bridgehead atoms. The number of nitrogens with zero attached hydrogens (tertiary/aromatic N) is 2. The molecule has 1 fully saturated rings. The largest absolute Gasteiger partial charge is 0.497 e. The maximum atomic E-state index is 15.3. The van der Waals surface area contributed by atoms with Crippen molar-refractivity contribution in [3.63, 3.8) is 0 Å². The molecule has 4 aromatic carbocycles. The first-order valence-corrected chi connectivity index (χ1v) is 22.3. The normalized spacial score (nSPS) is 23.5. The predicted molar refractivity (Wildman–Crippen MR) is 217 cm³/mol. The number of ether oxygens (including phenoxy) is 3. The number of aliphatic hydroxyl groups is 2. The monoisotopic (exact) mass is 777 g/mol. The van der Waals surface area contributed by atoms with Gasteiger partial charge in [-0.05, 0) is 78.0 Å². The number of nitrogens with one attached hydrogen (secondary N) is 1. The van der Waals surface area contributed by atoms with E-state index in [2.05, 4.69) is 43.5 Å². The van der Waals surface area contributed by atoms with E-state index in [1.54, 1.807) is 42.2 Å². The van der Waals surface area contributed by atoms with Crippen molar-refractivity contribution in [2.24, 2.45) is 5.92 Å². The molecule has 11 nitrogen and oxygen atoms in total. The Balaban J connectivity index is 1.29. The summed E-state index contributed by atoms with van der Waals surface area (Å²) in [5.41, 5.74) is 3.21. The Kier molecular flexibility index (Phi) is 10.9. The summed E-state index contributed by atoms with van der Waals surface area (Å²) in [7, 11) is 0.663. The molecule has 0 unspecified atom stereocenters. The Bertz CT molecular complexity index is 2120. The van der Waals surface area contributed by atoms with Gasteiger partial charge >= 0.3 is 0 Å². The first kappa shape index (κ1) is 39.2. The van der Waals surface area contributed by atoms with Gasteiger partial charge in [0.2, 0.25) is 5.91 Å². The van der Waals surface area contributed by atoms with Gasteiger partial charge in [-0.3, -0.25) is 14.4 Å². The highest BCUT2D eigenvalue weighted by Gasteiger charge is 2.66. The second kappa shape index (κ2) is 15.5. The van der Waals surface area contributed by atoms with E-state index < -0.39 is 31.8 Å². The average molecular weight is 778 g/mol. The molecule has 1 spiro atoms. The predicted octanol–water partition coefficient (Wildman–Crippen LogP) is 5.12. The third-order valence-electron chi connectivity index (χ3n) is 12.2. The molecule has 6 atom stereocenters. The molecule has 0 radical (unpaired) electrons. The third kappa shape index (κ3) is 6.89. The van der Waals surface area contributed by atoms with E-state index in [0.717, 1.165) is 27.6 Å². The molecule has 0 aliphatic carbocycles. The van der Waals surface area contributed by atoms with E-state index >= 15 is 4.79 Å². The second-order valence-corrected chi connectivity index (χ2v) is 20.5. The van der Waals surface area contributed by atoms with Gasteiger partial charge in [0, 0.05) is 23.7 Å². The van der Waals surface area contributed by atoms with Crippen LogP contribution < -0.4 is 24.9 Å². The summed E-state index contributed by atoms with van der Waals surface area (Å²) in [4.78, 5) is 45.7. The Labute approximate surface area is 329 Å². The Morgan fingerprint density at radius 1 is 0.964 bits per heavy atom. The number of aliphatic hydroxyl groups excluding tert-OH is 2. The van der Waals surface area contributed by atoms with E-state index in [1.807, 2.05) is 54.6 Å². The molecule has 3 amide bonds. The van der Waals surface area contributed by atoms with Crippen molar-refractivity contribution in [1.29, 1.82) is 0 Å². The molecule has 3 aliphatic heterocycles. The highest BCUT2D eigenvalue weighted by molar-refractivity contribution is 6.91. The molecule has 0 aromatic heterocycles. The number of fused-ring (bicyclic) bond motifs is 3. The smallest absolute Gasteiger partial charge is 0.264 e. The van der Waals surface area contributed by atoms with Crippen molar-refractivity contribution >= 4 is 42.4 Å². The highest BCUT2D eigenvalue weighted by atomic mass is 28.3. The van der Waals surface area contributed by atoms with Gasteiger partial charge in [0.1, 0.15) is 17.6 Å². The summed E-state index contributed by atoms with van der Waals surface area (Å²) >= 11 is 0. The zero-order chi connectivity index (χ0) is 39.9. The van der Waals surface area contributed by atoms with Crippen molar-refractivity contribution in [3.05, 3.63) is 113 Å². The van der Waals surface area contributed by atoms with E-state index in [-0.39, 0.29) is 48.9 Å². The van der Waals surface area contributed by atoms with E-state index in [9.17, 15) is 19.8 Å². The van der Waals surface area contributed by atoms with Gasteiger partial charge in [-0.15, -0.1) is 0 Å². The molecule has 56 heavy (non-hydrogen) atoms. The lowest BCUT2D eigenvalue weighted by Crippen LogP contribution is -2.52. The molecule has 294 valence electrons. The van der Waals surface area contributed by atoms with Gasteiger partial charge < -0.3 is 39.5 Å². The van der Waals surface area contributed by atoms with Gasteiger partial charge in [0.15, 0.2) is 5.60 Å². The molecule has 0 saturated carbocycles. The Morgan fingerprint density at radius 3 is 2.34 bits per heavy atom. The van der Waals surface area contributed by atoms with Gasteiger partial charge in [-0.2, -0.15) is 0 Å². The molecule has 7 rings (SSSR count). The Morgan fingerprint density at radius 2 is 1.66 bits per heavy atom. The van der Waals surface area contributed by atoms with Crippen molar-refractivity contribution in [2.45, 2.75) is 82.3 Å². The summed E-state index contributed by atoms with van der Waals surface area (Å²) in [5, 5.41) is 24.1. The average Bonchev–Trinajstić information content (AvgIpc) is 3.62. The van der Waals surface area contributed by atoms with Crippen LogP contribution >= 0.6 is 0 Å². The molecule has 3 aliphatic rings. The van der Waals surface area contributed by atoms with Crippen LogP contribution in [0.25, 0.3) is 0 Å². The number of anilines is 2. The zero-order valence-corrected chi connectivity index (χ0v) is 33.8. The van der Waals surface area contributed by atoms with Crippen LogP contribution in [0.15, 0.2) is 91.0 Å². The first-order chi connectivity index (χ1) is 26.8. The number of benzene rings is 4. The molecule has 3 N–H and O–H groups in total. The van der Waals surface area contributed by atoms with Crippen LogP contribution in [0.4, 0.5) is 11.4 Å². The molecule has 3 heterocycles. The number of carbonyl (C=O) groups is 3. The summed E-state index contributed by atoms with van der Waals surface area (Å²) in [6.07, 6.45) is -1.20. The summed E-state index contributed by atoms with van der Waals surface area (Å²) in [6.45, 7) is 8.46. The molecule has 4 aromatic rings. The van der Waals surface area contributed by atoms with Gasteiger partial charge in [-0.1, -0.05) is 73.7 Å². The zero-order valence-electron chi connectivity index (χ0n) is 32.8. The lowest BCUT2D eigenvalue weighted by Gasteiger charge is -2.39. The molecule has 12 heteroatoms. The maximum absolute atomic E-state index is 15.3. The number of hydrogen-bond donors (Lipinski definition) is 3. The standard InChI is InChI=1S/C44H51N3O8Si/c1-27-41(56(5,6)36-17-14-34(53-3)15-18-36)39(23-40(50)46-25-31-12-8-7-11-30(31)21-33(46)26-48)55-44(27)37-22-35(54-4)16-19-38(37)47(43(44)52)24-29-10-9-13-32(20-29)45-42(51)28(2)49/h7-20,22,27-28,33,39,41,48-49H,21,23-26H2,1-6H3,(H,45,51)/t27-,28-,33-,39+,41-,44+/m0/s1. The van der Waals surface area contributed by atoms with Gasteiger partial charge in [0.25, 0.3) is 11.8 Å². The summed E-state index contributed by atoms with van der Waals surface area (Å²) in [5.74, 6) is 0.0814. The fraction of sp³-hybridized carbons (Fsp3) is 0.386. The minimum atomic E-state index is -2.57. The van der Waals surface area contributed by atoms with Gasteiger partial charge in [0.05, 0.1) is 59.7 Å². The topological polar surface area (TPSA) is 138 Å². The van der Waals surface area contributed by atoms with Crippen LogP contribution in [0.3, 0.4) is 0 Å². The SMILES string of the molecule is COc1ccc([Si](C)(C)[C@@H]2[C@@H](CC(=O)N3Cc4ccccc4C[C@H]3CO)O[C@]3(C(=O)N(Cc4cccc(NC(=O)[C@H](C)O)c4)c4ccc(OC)cc43)[C@H]2C)cc1. The molecular formula is C44H51N3O8Si.